The van der Waals surface area contributed by atoms with E-state index in [1.165, 1.54) is 11.1 Å². The summed E-state index contributed by atoms with van der Waals surface area (Å²) < 4.78 is 5.38. The third-order valence-corrected chi connectivity index (χ3v) is 5.08. The first-order chi connectivity index (χ1) is 13.6. The first-order valence-corrected chi connectivity index (χ1v) is 9.90. The van der Waals surface area contributed by atoms with E-state index >= 15 is 0 Å². The van der Waals surface area contributed by atoms with Gasteiger partial charge in [0.15, 0.2) is 0 Å². The molecule has 0 radical (unpaired) electrons. The van der Waals surface area contributed by atoms with Gasteiger partial charge in [-0.1, -0.05) is 60.2 Å². The van der Waals surface area contributed by atoms with E-state index in [-0.39, 0.29) is 24.6 Å². The maximum absolute atomic E-state index is 12.2. The van der Waals surface area contributed by atoms with E-state index in [1.54, 1.807) is 4.90 Å². The van der Waals surface area contributed by atoms with Crippen LogP contribution in [0.3, 0.4) is 0 Å². The summed E-state index contributed by atoms with van der Waals surface area (Å²) in [5, 5.41) is 3.10. The maximum Gasteiger partial charge on any atom is 0.410 e. The summed E-state index contributed by atoms with van der Waals surface area (Å²) in [6, 6.07) is 18.1. The third-order valence-electron chi connectivity index (χ3n) is 5.08. The van der Waals surface area contributed by atoms with Crippen LogP contribution in [0.4, 0.5) is 4.79 Å². The highest BCUT2D eigenvalue weighted by molar-refractivity contribution is 5.76. The van der Waals surface area contributed by atoms with Crippen LogP contribution >= 0.6 is 0 Å². The van der Waals surface area contributed by atoms with Crippen LogP contribution in [0.1, 0.15) is 36.0 Å². The monoisotopic (exact) mass is 380 g/mol. The van der Waals surface area contributed by atoms with Crippen molar-refractivity contribution in [2.45, 2.75) is 45.3 Å². The first-order valence-electron chi connectivity index (χ1n) is 9.90. The quantitative estimate of drug-likeness (QED) is 0.828. The molecule has 1 saturated heterocycles. The summed E-state index contributed by atoms with van der Waals surface area (Å²) >= 11 is 0. The van der Waals surface area contributed by atoms with Crippen molar-refractivity contribution in [3.8, 4) is 0 Å². The van der Waals surface area contributed by atoms with Crippen molar-refractivity contribution in [1.29, 1.82) is 0 Å². The summed E-state index contributed by atoms with van der Waals surface area (Å²) in [4.78, 5) is 26.1. The molecule has 0 atom stereocenters. The van der Waals surface area contributed by atoms with Crippen molar-refractivity contribution in [3.63, 3.8) is 0 Å². The standard InChI is InChI=1S/C23H28N2O3/c1-18-7-9-19(10-8-18)11-12-22(26)24-21-13-15-25(16-14-21)23(27)28-17-20-5-3-2-4-6-20/h2-10,21H,11-17H2,1H3,(H,24,26). The lowest BCUT2D eigenvalue weighted by molar-refractivity contribution is -0.122. The van der Waals surface area contributed by atoms with E-state index in [1.807, 2.05) is 30.3 Å². The van der Waals surface area contributed by atoms with E-state index in [2.05, 4.69) is 36.5 Å². The number of rotatable bonds is 6. The van der Waals surface area contributed by atoms with Gasteiger partial charge in [0, 0.05) is 25.6 Å². The van der Waals surface area contributed by atoms with Gasteiger partial charge in [-0.2, -0.15) is 0 Å². The molecule has 0 bridgehead atoms. The first kappa shape index (κ1) is 19.9. The maximum atomic E-state index is 12.2. The van der Waals surface area contributed by atoms with E-state index < -0.39 is 0 Å². The zero-order valence-corrected chi connectivity index (χ0v) is 16.4. The highest BCUT2D eigenvalue weighted by Gasteiger charge is 2.24. The lowest BCUT2D eigenvalue weighted by Crippen LogP contribution is -2.46. The minimum Gasteiger partial charge on any atom is -0.445 e. The molecule has 1 heterocycles. The minimum absolute atomic E-state index is 0.0747. The van der Waals surface area contributed by atoms with Gasteiger partial charge in [-0.25, -0.2) is 4.79 Å². The number of amides is 2. The molecule has 5 heteroatoms. The lowest BCUT2D eigenvalue weighted by atomic mass is 10.0. The van der Waals surface area contributed by atoms with Crippen LogP contribution < -0.4 is 5.32 Å². The number of likely N-dealkylation sites (tertiary alicyclic amines) is 1. The van der Waals surface area contributed by atoms with Gasteiger partial charge in [0.25, 0.3) is 0 Å². The number of ether oxygens (including phenoxy) is 1. The van der Waals surface area contributed by atoms with E-state index in [4.69, 9.17) is 4.74 Å². The number of carbonyl (C=O) groups excluding carboxylic acids is 2. The smallest absolute Gasteiger partial charge is 0.410 e. The predicted octanol–water partition coefficient (Wildman–Crippen LogP) is 3.85. The molecule has 0 aromatic heterocycles. The molecule has 0 aliphatic carbocycles. The van der Waals surface area contributed by atoms with Crippen LogP contribution in [0, 0.1) is 6.92 Å². The fraction of sp³-hybridized carbons (Fsp3) is 0.391. The van der Waals surface area contributed by atoms with Crippen molar-refractivity contribution in [2.24, 2.45) is 0 Å². The highest BCUT2D eigenvalue weighted by Crippen LogP contribution is 2.13. The number of benzene rings is 2. The van der Waals surface area contributed by atoms with Gasteiger partial charge in [0.1, 0.15) is 6.61 Å². The fourth-order valence-electron chi connectivity index (χ4n) is 3.33. The second-order valence-corrected chi connectivity index (χ2v) is 7.35. The normalized spacial score (nSPS) is 14.5. The van der Waals surface area contributed by atoms with Crippen LogP contribution in [-0.4, -0.2) is 36.0 Å². The Labute approximate surface area is 166 Å². The van der Waals surface area contributed by atoms with Gasteiger partial charge in [0.05, 0.1) is 0 Å². The number of nitrogens with one attached hydrogen (secondary N) is 1. The minimum atomic E-state index is -0.284. The Bertz CT molecular complexity index is 766. The summed E-state index contributed by atoms with van der Waals surface area (Å²) in [7, 11) is 0. The van der Waals surface area contributed by atoms with Crippen molar-refractivity contribution in [3.05, 3.63) is 71.3 Å². The lowest BCUT2D eigenvalue weighted by Gasteiger charge is -2.31. The van der Waals surface area contributed by atoms with E-state index in [0.717, 1.165) is 24.8 Å². The van der Waals surface area contributed by atoms with Gasteiger partial charge in [-0.3, -0.25) is 4.79 Å². The second-order valence-electron chi connectivity index (χ2n) is 7.35. The highest BCUT2D eigenvalue weighted by atomic mass is 16.6. The van der Waals surface area contributed by atoms with Gasteiger partial charge >= 0.3 is 6.09 Å². The molecule has 1 aliphatic rings. The summed E-state index contributed by atoms with van der Waals surface area (Å²) in [5.41, 5.74) is 3.38. The predicted molar refractivity (Wildman–Crippen MR) is 109 cm³/mol. The second kappa shape index (κ2) is 9.93. The summed E-state index contributed by atoms with van der Waals surface area (Å²) in [5.74, 6) is 0.0747. The molecule has 2 aromatic rings. The van der Waals surface area contributed by atoms with Crippen molar-refractivity contribution in [1.82, 2.24) is 10.2 Å². The van der Waals surface area contributed by atoms with Crippen LogP contribution in [0.2, 0.25) is 0 Å². The Morgan fingerprint density at radius 2 is 1.68 bits per heavy atom. The molecule has 5 nitrogen and oxygen atoms in total. The van der Waals surface area contributed by atoms with Crippen molar-refractivity contribution < 1.29 is 14.3 Å². The Morgan fingerprint density at radius 3 is 2.36 bits per heavy atom. The topological polar surface area (TPSA) is 58.6 Å². The number of piperidine rings is 1. The molecule has 148 valence electrons. The van der Waals surface area contributed by atoms with Gasteiger partial charge in [-0.05, 0) is 37.3 Å². The zero-order chi connectivity index (χ0) is 19.8. The molecule has 1 fully saturated rings. The number of hydrogen-bond donors (Lipinski definition) is 1. The van der Waals surface area contributed by atoms with Crippen molar-refractivity contribution in [2.75, 3.05) is 13.1 Å². The zero-order valence-electron chi connectivity index (χ0n) is 16.4. The van der Waals surface area contributed by atoms with Crippen LogP contribution in [0.5, 0.6) is 0 Å². The number of carbonyl (C=O) groups is 2. The SMILES string of the molecule is Cc1ccc(CCC(=O)NC2CCN(C(=O)OCc3ccccc3)CC2)cc1. The summed E-state index contributed by atoms with van der Waals surface area (Å²) in [6.45, 7) is 3.56. The molecule has 2 amide bonds. The molecule has 3 rings (SSSR count). The van der Waals surface area contributed by atoms with Crippen molar-refractivity contribution >= 4 is 12.0 Å². The Kier molecular flexibility index (Phi) is 7.06. The van der Waals surface area contributed by atoms with Gasteiger partial charge in [-0.15, -0.1) is 0 Å². The largest absolute Gasteiger partial charge is 0.445 e. The molecule has 0 saturated carbocycles. The van der Waals surface area contributed by atoms with Gasteiger partial charge in [0.2, 0.25) is 5.91 Å². The van der Waals surface area contributed by atoms with E-state index in [0.29, 0.717) is 19.5 Å². The average molecular weight is 380 g/mol. The Morgan fingerprint density at radius 1 is 1.00 bits per heavy atom. The molecule has 0 spiro atoms. The molecular weight excluding hydrogens is 352 g/mol. The number of nitrogens with zero attached hydrogens (tertiary/aromatic N) is 1. The Balaban J connectivity index is 1.34. The number of hydrogen-bond acceptors (Lipinski definition) is 3. The third kappa shape index (κ3) is 6.12. The van der Waals surface area contributed by atoms with Crippen LogP contribution in [0.15, 0.2) is 54.6 Å². The molecule has 1 aliphatic heterocycles. The average Bonchev–Trinajstić information content (AvgIpc) is 2.73. The Hall–Kier alpha value is -2.82. The van der Waals surface area contributed by atoms with Gasteiger partial charge < -0.3 is 15.0 Å². The van der Waals surface area contributed by atoms with Crippen LogP contribution in [-0.2, 0) is 22.6 Å². The summed E-state index contributed by atoms with van der Waals surface area (Å²) in [6.07, 6.45) is 2.47. The fourth-order valence-corrected chi connectivity index (χ4v) is 3.33. The van der Waals surface area contributed by atoms with E-state index in [9.17, 15) is 9.59 Å². The number of aryl methyl sites for hydroxylation is 2. The molecule has 28 heavy (non-hydrogen) atoms. The molecular formula is C23H28N2O3. The molecule has 0 unspecified atom stereocenters. The molecule has 1 N–H and O–H groups in total. The molecule has 2 aromatic carbocycles. The van der Waals surface area contributed by atoms with Crippen LogP contribution in [0.25, 0.3) is 0 Å².